The van der Waals surface area contributed by atoms with Gasteiger partial charge < -0.3 is 10.0 Å². The number of amides is 1. The van der Waals surface area contributed by atoms with Crippen LogP contribution in [0.5, 0.6) is 0 Å². The minimum absolute atomic E-state index is 0.0195. The van der Waals surface area contributed by atoms with E-state index in [1.165, 1.54) is 12.1 Å². The molecule has 1 aromatic rings. The number of rotatable bonds is 4. The molecular weight excluding hydrogens is 272 g/mol. The van der Waals surface area contributed by atoms with Gasteiger partial charge in [0.2, 0.25) is 5.91 Å². The van der Waals surface area contributed by atoms with Gasteiger partial charge in [-0.25, -0.2) is 0 Å². The van der Waals surface area contributed by atoms with E-state index in [4.69, 9.17) is 0 Å². The Hall–Kier alpha value is -1.95. The molecule has 0 radical (unpaired) electrons. The third-order valence-corrected chi connectivity index (χ3v) is 3.93. The van der Waals surface area contributed by atoms with E-state index in [0.29, 0.717) is 6.54 Å². The summed E-state index contributed by atoms with van der Waals surface area (Å²) in [5, 5.41) is 20.4. The molecule has 0 aromatic heterocycles. The molecule has 0 bridgehead atoms. The van der Waals surface area contributed by atoms with E-state index in [1.54, 1.807) is 24.0 Å². The van der Waals surface area contributed by atoms with E-state index in [1.807, 2.05) is 0 Å². The van der Waals surface area contributed by atoms with Crippen molar-refractivity contribution in [1.82, 2.24) is 4.90 Å². The monoisotopic (exact) mass is 292 g/mol. The van der Waals surface area contributed by atoms with Crippen LogP contribution >= 0.6 is 0 Å². The Morgan fingerprint density at radius 3 is 2.67 bits per heavy atom. The first kappa shape index (κ1) is 15.4. The van der Waals surface area contributed by atoms with Crippen LogP contribution in [0.1, 0.15) is 31.7 Å². The summed E-state index contributed by atoms with van der Waals surface area (Å²) in [5.41, 5.74) is 0.770. The zero-order valence-corrected chi connectivity index (χ0v) is 12.1. The van der Waals surface area contributed by atoms with Crippen molar-refractivity contribution in [2.45, 2.75) is 44.8 Å². The van der Waals surface area contributed by atoms with Gasteiger partial charge in [0.25, 0.3) is 5.69 Å². The van der Waals surface area contributed by atoms with Crippen LogP contribution in [-0.2, 0) is 11.2 Å². The normalized spacial score (nSPS) is 20.1. The van der Waals surface area contributed by atoms with E-state index < -0.39 is 11.0 Å². The maximum atomic E-state index is 12.4. The molecule has 1 amide bonds. The Bertz CT molecular complexity index is 513. The van der Waals surface area contributed by atoms with Crippen molar-refractivity contribution in [3.05, 3.63) is 39.9 Å². The van der Waals surface area contributed by atoms with E-state index in [0.717, 1.165) is 24.8 Å². The lowest BCUT2D eigenvalue weighted by Crippen LogP contribution is -2.49. The van der Waals surface area contributed by atoms with Gasteiger partial charge in [0.05, 0.1) is 23.5 Å². The van der Waals surface area contributed by atoms with Crippen molar-refractivity contribution in [1.29, 1.82) is 0 Å². The molecule has 21 heavy (non-hydrogen) atoms. The summed E-state index contributed by atoms with van der Waals surface area (Å²) in [5.74, 6) is -0.0329. The summed E-state index contributed by atoms with van der Waals surface area (Å²) in [6.07, 6.45) is 2.47. The smallest absolute Gasteiger partial charge is 0.269 e. The molecule has 0 saturated carbocycles. The number of aliphatic hydroxyl groups is 1. The van der Waals surface area contributed by atoms with Crippen molar-refractivity contribution in [3.63, 3.8) is 0 Å². The molecule has 114 valence electrons. The van der Waals surface area contributed by atoms with Crippen LogP contribution in [-0.4, -0.2) is 39.5 Å². The van der Waals surface area contributed by atoms with Gasteiger partial charge in [0.1, 0.15) is 0 Å². The van der Waals surface area contributed by atoms with Crippen LogP contribution in [0, 0.1) is 10.1 Å². The van der Waals surface area contributed by atoms with E-state index in [-0.39, 0.29) is 24.1 Å². The summed E-state index contributed by atoms with van der Waals surface area (Å²) in [4.78, 5) is 24.3. The average molecular weight is 292 g/mol. The van der Waals surface area contributed by atoms with Crippen molar-refractivity contribution in [2.75, 3.05) is 6.54 Å². The number of nitro groups is 1. The fraction of sp³-hybridized carbons (Fsp3) is 0.533. The SMILES string of the molecule is C[C@@H](O)[C@H]1CCCCN1C(=O)Cc1ccc([N+](=O)[O-])cc1. The maximum Gasteiger partial charge on any atom is 0.269 e. The maximum absolute atomic E-state index is 12.4. The number of aliphatic hydroxyl groups excluding tert-OH is 1. The number of carbonyl (C=O) groups excluding carboxylic acids is 1. The highest BCUT2D eigenvalue weighted by Gasteiger charge is 2.29. The van der Waals surface area contributed by atoms with Gasteiger partial charge in [-0.15, -0.1) is 0 Å². The second kappa shape index (κ2) is 6.67. The Labute approximate surface area is 123 Å². The number of likely N-dealkylation sites (tertiary alicyclic amines) is 1. The van der Waals surface area contributed by atoms with Crippen LogP contribution in [0.3, 0.4) is 0 Å². The molecule has 1 heterocycles. The zero-order chi connectivity index (χ0) is 15.4. The van der Waals surface area contributed by atoms with E-state index in [2.05, 4.69) is 0 Å². The summed E-state index contributed by atoms with van der Waals surface area (Å²) in [6.45, 7) is 2.38. The first-order valence-electron chi connectivity index (χ1n) is 7.20. The van der Waals surface area contributed by atoms with Gasteiger partial charge in [-0.2, -0.15) is 0 Å². The standard InChI is InChI=1S/C15H20N2O4/c1-11(18)14-4-2-3-9-16(14)15(19)10-12-5-7-13(8-6-12)17(20)21/h5-8,11,14,18H,2-4,9-10H2,1H3/t11-,14-/m1/s1. The Morgan fingerprint density at radius 2 is 2.10 bits per heavy atom. The molecule has 0 aliphatic carbocycles. The third-order valence-electron chi connectivity index (χ3n) is 3.93. The summed E-state index contributed by atoms with van der Waals surface area (Å²) < 4.78 is 0. The predicted molar refractivity (Wildman–Crippen MR) is 77.8 cm³/mol. The molecule has 1 aliphatic rings. The summed E-state index contributed by atoms with van der Waals surface area (Å²) in [7, 11) is 0. The first-order valence-corrected chi connectivity index (χ1v) is 7.20. The van der Waals surface area contributed by atoms with Gasteiger partial charge in [0.15, 0.2) is 0 Å². The van der Waals surface area contributed by atoms with Gasteiger partial charge in [0, 0.05) is 18.7 Å². The van der Waals surface area contributed by atoms with E-state index in [9.17, 15) is 20.0 Å². The van der Waals surface area contributed by atoms with Crippen molar-refractivity contribution < 1.29 is 14.8 Å². The fourth-order valence-corrected chi connectivity index (χ4v) is 2.78. The second-order valence-electron chi connectivity index (χ2n) is 5.49. The quantitative estimate of drug-likeness (QED) is 0.678. The van der Waals surface area contributed by atoms with Gasteiger partial charge in [-0.3, -0.25) is 14.9 Å². The molecule has 1 aliphatic heterocycles. The lowest BCUT2D eigenvalue weighted by molar-refractivity contribution is -0.384. The number of nitrogens with zero attached hydrogens (tertiary/aromatic N) is 2. The molecule has 1 aromatic carbocycles. The Balaban J connectivity index is 2.04. The summed E-state index contributed by atoms with van der Waals surface area (Å²) >= 11 is 0. The molecule has 1 saturated heterocycles. The molecular formula is C15H20N2O4. The second-order valence-corrected chi connectivity index (χ2v) is 5.49. The molecule has 1 fully saturated rings. The van der Waals surface area contributed by atoms with Crippen LogP contribution < -0.4 is 0 Å². The average Bonchev–Trinajstić information content (AvgIpc) is 2.47. The number of carbonyl (C=O) groups is 1. The number of hydrogen-bond acceptors (Lipinski definition) is 4. The van der Waals surface area contributed by atoms with Gasteiger partial charge >= 0.3 is 0 Å². The van der Waals surface area contributed by atoms with Crippen LogP contribution in [0.15, 0.2) is 24.3 Å². The van der Waals surface area contributed by atoms with Crippen LogP contribution in [0.4, 0.5) is 5.69 Å². The molecule has 6 heteroatoms. The number of hydrogen-bond donors (Lipinski definition) is 1. The highest BCUT2D eigenvalue weighted by atomic mass is 16.6. The zero-order valence-electron chi connectivity index (χ0n) is 12.1. The lowest BCUT2D eigenvalue weighted by Gasteiger charge is -2.37. The Kier molecular flexibility index (Phi) is 4.90. The van der Waals surface area contributed by atoms with Crippen molar-refractivity contribution >= 4 is 11.6 Å². The molecule has 2 rings (SSSR count). The minimum atomic E-state index is -0.536. The first-order chi connectivity index (χ1) is 9.99. The number of non-ortho nitro benzene ring substituents is 1. The minimum Gasteiger partial charge on any atom is -0.391 e. The third kappa shape index (κ3) is 3.78. The van der Waals surface area contributed by atoms with Crippen molar-refractivity contribution in [2.24, 2.45) is 0 Å². The van der Waals surface area contributed by atoms with Crippen LogP contribution in [0.2, 0.25) is 0 Å². The van der Waals surface area contributed by atoms with Crippen molar-refractivity contribution in [3.8, 4) is 0 Å². The number of benzene rings is 1. The number of nitro benzene ring substituents is 1. The molecule has 6 nitrogen and oxygen atoms in total. The Morgan fingerprint density at radius 1 is 1.43 bits per heavy atom. The van der Waals surface area contributed by atoms with E-state index >= 15 is 0 Å². The van der Waals surface area contributed by atoms with Gasteiger partial charge in [-0.05, 0) is 31.7 Å². The molecule has 0 unspecified atom stereocenters. The molecule has 1 N–H and O–H groups in total. The summed E-state index contributed by atoms with van der Waals surface area (Å²) in [6, 6.07) is 5.91. The van der Waals surface area contributed by atoms with Gasteiger partial charge in [-0.1, -0.05) is 12.1 Å². The topological polar surface area (TPSA) is 83.7 Å². The predicted octanol–water partition coefficient (Wildman–Crippen LogP) is 1.90. The highest BCUT2D eigenvalue weighted by molar-refractivity contribution is 5.79. The molecule has 2 atom stereocenters. The molecule has 0 spiro atoms. The largest absolute Gasteiger partial charge is 0.391 e. The lowest BCUT2D eigenvalue weighted by atomic mass is 9.97. The number of piperidine rings is 1. The highest BCUT2D eigenvalue weighted by Crippen LogP contribution is 2.21. The fourth-order valence-electron chi connectivity index (χ4n) is 2.78. The van der Waals surface area contributed by atoms with Crippen LogP contribution in [0.25, 0.3) is 0 Å².